The van der Waals surface area contributed by atoms with Gasteiger partial charge in [0.15, 0.2) is 5.60 Å². The zero-order valence-corrected chi connectivity index (χ0v) is 14.1. The summed E-state index contributed by atoms with van der Waals surface area (Å²) in [6.45, 7) is 0. The zero-order valence-electron chi connectivity index (χ0n) is 14.1. The lowest BCUT2D eigenvalue weighted by Gasteiger charge is -2.39. The molecule has 0 bridgehead atoms. The van der Waals surface area contributed by atoms with E-state index in [4.69, 9.17) is 4.74 Å². The maximum absolute atomic E-state index is 6.86. The van der Waals surface area contributed by atoms with Gasteiger partial charge in [-0.15, -0.1) is 0 Å². The van der Waals surface area contributed by atoms with Crippen molar-refractivity contribution in [3.63, 3.8) is 0 Å². The molecule has 0 unspecified atom stereocenters. The van der Waals surface area contributed by atoms with Gasteiger partial charge in [-0.1, -0.05) is 91.0 Å². The smallest absolute Gasteiger partial charge is 0.186 e. The molecule has 0 fully saturated rings. The monoisotopic (exact) mass is 332 g/mol. The van der Waals surface area contributed by atoms with Crippen LogP contribution in [-0.4, -0.2) is 0 Å². The first-order valence-corrected chi connectivity index (χ1v) is 8.97. The van der Waals surface area contributed by atoms with Gasteiger partial charge in [0.25, 0.3) is 0 Å². The Bertz CT molecular complexity index is 1130. The summed E-state index contributed by atoms with van der Waals surface area (Å²) in [5.74, 6) is 0.942. The normalized spacial score (nSPS) is 14.8. The van der Waals surface area contributed by atoms with Crippen LogP contribution >= 0.6 is 0 Å². The van der Waals surface area contributed by atoms with Crippen molar-refractivity contribution < 1.29 is 4.74 Å². The van der Waals surface area contributed by atoms with E-state index in [2.05, 4.69) is 91.0 Å². The first-order chi connectivity index (χ1) is 12.9. The molecule has 1 spiro atoms. The number of fused-ring (bicyclic) bond motifs is 9. The Morgan fingerprint density at radius 3 is 1.35 bits per heavy atom. The number of hydrogen-bond donors (Lipinski definition) is 0. The fraction of sp³-hybridized carbons (Fsp3) is 0.0400. The van der Waals surface area contributed by atoms with Crippen molar-refractivity contribution in [3.05, 3.63) is 114 Å². The molecular weight excluding hydrogens is 316 g/mol. The SMILES string of the molecule is c1ccc2c(c1)OC1(c3ccccc3-2)c2ccccc2-c2ccccc21. The molecule has 0 saturated carbocycles. The van der Waals surface area contributed by atoms with Crippen LogP contribution in [0.15, 0.2) is 97.1 Å². The summed E-state index contributed by atoms with van der Waals surface area (Å²) in [5, 5.41) is 0. The van der Waals surface area contributed by atoms with Crippen molar-refractivity contribution >= 4 is 0 Å². The summed E-state index contributed by atoms with van der Waals surface area (Å²) >= 11 is 0. The third kappa shape index (κ3) is 1.56. The summed E-state index contributed by atoms with van der Waals surface area (Å²) in [6, 6.07) is 34.3. The Morgan fingerprint density at radius 2 is 0.808 bits per heavy atom. The van der Waals surface area contributed by atoms with Crippen LogP contribution in [0.1, 0.15) is 16.7 Å². The van der Waals surface area contributed by atoms with E-state index < -0.39 is 5.60 Å². The molecular formula is C25H16O. The average Bonchev–Trinajstić information content (AvgIpc) is 3.00. The van der Waals surface area contributed by atoms with Gasteiger partial charge in [-0.2, -0.15) is 0 Å². The molecule has 0 radical (unpaired) electrons. The van der Waals surface area contributed by atoms with Gasteiger partial charge in [0.05, 0.1) is 0 Å². The molecule has 4 aromatic rings. The molecule has 1 nitrogen and oxygen atoms in total. The average molecular weight is 332 g/mol. The number of hydrogen-bond acceptors (Lipinski definition) is 1. The van der Waals surface area contributed by atoms with Crippen LogP contribution in [0.25, 0.3) is 22.3 Å². The van der Waals surface area contributed by atoms with E-state index in [1.807, 2.05) is 6.07 Å². The van der Waals surface area contributed by atoms with E-state index in [-0.39, 0.29) is 0 Å². The van der Waals surface area contributed by atoms with Gasteiger partial charge >= 0.3 is 0 Å². The largest absolute Gasteiger partial charge is 0.472 e. The highest BCUT2D eigenvalue weighted by molar-refractivity contribution is 5.87. The fourth-order valence-corrected chi connectivity index (χ4v) is 4.62. The maximum atomic E-state index is 6.86. The lowest BCUT2D eigenvalue weighted by molar-refractivity contribution is 0.157. The summed E-state index contributed by atoms with van der Waals surface area (Å²) in [7, 11) is 0. The van der Waals surface area contributed by atoms with Crippen molar-refractivity contribution in [1.29, 1.82) is 0 Å². The first-order valence-electron chi connectivity index (χ1n) is 8.97. The Hall–Kier alpha value is -3.32. The van der Waals surface area contributed by atoms with Crippen molar-refractivity contribution in [1.82, 2.24) is 0 Å². The summed E-state index contributed by atoms with van der Waals surface area (Å²) in [6.07, 6.45) is 0. The van der Waals surface area contributed by atoms with Gasteiger partial charge in [0, 0.05) is 22.3 Å². The molecule has 1 aliphatic heterocycles. The molecule has 0 atom stereocenters. The lowest BCUT2D eigenvalue weighted by atomic mass is 9.78. The molecule has 1 heteroatoms. The van der Waals surface area contributed by atoms with Crippen LogP contribution in [0.4, 0.5) is 0 Å². The van der Waals surface area contributed by atoms with Gasteiger partial charge in [-0.3, -0.25) is 0 Å². The second-order valence-electron chi connectivity index (χ2n) is 6.92. The highest BCUT2D eigenvalue weighted by Crippen LogP contribution is 2.58. The number of benzene rings is 4. The van der Waals surface area contributed by atoms with Gasteiger partial charge in [0.1, 0.15) is 5.75 Å². The van der Waals surface area contributed by atoms with Gasteiger partial charge in [-0.05, 0) is 22.8 Å². The molecule has 122 valence electrons. The quantitative estimate of drug-likeness (QED) is 0.383. The predicted molar refractivity (Wildman–Crippen MR) is 104 cm³/mol. The van der Waals surface area contributed by atoms with E-state index in [1.54, 1.807) is 0 Å². The van der Waals surface area contributed by atoms with Crippen LogP contribution < -0.4 is 4.74 Å². The summed E-state index contributed by atoms with van der Waals surface area (Å²) in [5.41, 5.74) is 8.02. The minimum absolute atomic E-state index is 0.585. The first kappa shape index (κ1) is 13.9. The topological polar surface area (TPSA) is 9.23 Å². The second-order valence-corrected chi connectivity index (χ2v) is 6.92. The van der Waals surface area contributed by atoms with Crippen LogP contribution in [0.5, 0.6) is 5.75 Å². The van der Waals surface area contributed by atoms with Crippen LogP contribution in [-0.2, 0) is 5.60 Å². The molecule has 0 aromatic heterocycles. The van der Waals surface area contributed by atoms with E-state index >= 15 is 0 Å². The molecule has 1 aliphatic carbocycles. The zero-order chi connectivity index (χ0) is 17.1. The predicted octanol–water partition coefficient (Wildman–Crippen LogP) is 6.02. The Balaban J connectivity index is 1.79. The summed E-state index contributed by atoms with van der Waals surface area (Å²) < 4.78 is 6.86. The Labute approximate surface area is 152 Å². The van der Waals surface area contributed by atoms with E-state index in [0.29, 0.717) is 0 Å². The molecule has 0 N–H and O–H groups in total. The maximum Gasteiger partial charge on any atom is 0.186 e. The van der Waals surface area contributed by atoms with Gasteiger partial charge < -0.3 is 4.74 Å². The molecule has 6 rings (SSSR count). The fourth-order valence-electron chi connectivity index (χ4n) is 4.62. The molecule has 1 heterocycles. The van der Waals surface area contributed by atoms with Crippen molar-refractivity contribution in [2.45, 2.75) is 5.60 Å². The van der Waals surface area contributed by atoms with Gasteiger partial charge in [-0.25, -0.2) is 0 Å². The van der Waals surface area contributed by atoms with Gasteiger partial charge in [0.2, 0.25) is 0 Å². The lowest BCUT2D eigenvalue weighted by Crippen LogP contribution is -2.36. The third-order valence-electron chi connectivity index (χ3n) is 5.65. The highest BCUT2D eigenvalue weighted by atomic mass is 16.5. The standard InChI is InChI=1S/C25H16O/c1-5-13-21-17(9-1)18-10-2-6-14-22(18)25(21)23-15-7-3-11-19(23)20-12-4-8-16-24(20)26-25/h1-16H. The molecule has 4 aromatic carbocycles. The van der Waals surface area contributed by atoms with E-state index in [0.717, 1.165) is 11.3 Å². The summed E-state index contributed by atoms with van der Waals surface area (Å²) in [4.78, 5) is 0. The molecule has 2 aliphatic rings. The van der Waals surface area contributed by atoms with Crippen molar-refractivity contribution in [2.75, 3.05) is 0 Å². The van der Waals surface area contributed by atoms with Crippen LogP contribution in [0.3, 0.4) is 0 Å². The van der Waals surface area contributed by atoms with Crippen LogP contribution in [0, 0.1) is 0 Å². The number of ether oxygens (including phenoxy) is 1. The van der Waals surface area contributed by atoms with E-state index in [1.165, 1.54) is 33.4 Å². The highest BCUT2D eigenvalue weighted by Gasteiger charge is 2.50. The number of rotatable bonds is 0. The minimum Gasteiger partial charge on any atom is -0.472 e. The van der Waals surface area contributed by atoms with Crippen molar-refractivity contribution in [3.8, 4) is 28.0 Å². The number of para-hydroxylation sites is 1. The second kappa shape index (κ2) is 4.86. The van der Waals surface area contributed by atoms with Crippen LogP contribution in [0.2, 0.25) is 0 Å². The Kier molecular flexibility index (Phi) is 2.60. The Morgan fingerprint density at radius 1 is 0.423 bits per heavy atom. The molecule has 26 heavy (non-hydrogen) atoms. The van der Waals surface area contributed by atoms with E-state index in [9.17, 15) is 0 Å². The third-order valence-corrected chi connectivity index (χ3v) is 5.65. The minimum atomic E-state index is -0.585. The molecule has 0 amide bonds. The van der Waals surface area contributed by atoms with Crippen molar-refractivity contribution in [2.24, 2.45) is 0 Å². The molecule has 0 saturated heterocycles.